The minimum Gasteiger partial charge on any atom is -0.341 e. The van der Waals surface area contributed by atoms with Crippen LogP contribution in [0.25, 0.3) is 6.08 Å². The number of amides is 1. The Morgan fingerprint density at radius 3 is 2.42 bits per heavy atom. The van der Waals surface area contributed by atoms with Crippen LogP contribution >= 0.6 is 11.6 Å². The van der Waals surface area contributed by atoms with Crippen molar-refractivity contribution in [2.75, 3.05) is 23.3 Å². The number of nitrogens with one attached hydrogen (secondary N) is 1. The van der Waals surface area contributed by atoms with Crippen molar-refractivity contribution in [2.24, 2.45) is 0 Å². The van der Waals surface area contributed by atoms with E-state index >= 15 is 0 Å². The number of rotatable bonds is 4. The summed E-state index contributed by atoms with van der Waals surface area (Å²) in [5.74, 6) is 0.503. The van der Waals surface area contributed by atoms with Crippen LogP contribution in [-0.4, -0.2) is 29.0 Å². The molecule has 0 bridgehead atoms. The van der Waals surface area contributed by atoms with Crippen LogP contribution in [0.1, 0.15) is 24.8 Å². The molecule has 1 amide bonds. The highest BCUT2D eigenvalue weighted by molar-refractivity contribution is 6.30. The Labute approximate surface area is 146 Å². The van der Waals surface area contributed by atoms with Crippen molar-refractivity contribution in [3.8, 4) is 0 Å². The van der Waals surface area contributed by atoms with Crippen LogP contribution in [0, 0.1) is 0 Å². The van der Waals surface area contributed by atoms with Gasteiger partial charge in [0.05, 0.1) is 18.1 Å². The quantitative estimate of drug-likeness (QED) is 0.859. The Morgan fingerprint density at radius 1 is 1.08 bits per heavy atom. The number of hydrogen-bond acceptors (Lipinski definition) is 4. The molecule has 1 fully saturated rings. The zero-order chi connectivity index (χ0) is 16.8. The second kappa shape index (κ2) is 7.93. The maximum atomic E-state index is 11.9. The Kier molecular flexibility index (Phi) is 5.43. The van der Waals surface area contributed by atoms with Gasteiger partial charge >= 0.3 is 0 Å². The molecule has 1 aliphatic heterocycles. The summed E-state index contributed by atoms with van der Waals surface area (Å²) in [5, 5.41) is 3.43. The van der Waals surface area contributed by atoms with Gasteiger partial charge in [0.1, 0.15) is 0 Å². The van der Waals surface area contributed by atoms with E-state index < -0.39 is 0 Å². The van der Waals surface area contributed by atoms with Crippen LogP contribution in [0.5, 0.6) is 0 Å². The number of piperidine rings is 1. The highest BCUT2D eigenvalue weighted by Crippen LogP contribution is 2.16. The van der Waals surface area contributed by atoms with Crippen LogP contribution in [0.15, 0.2) is 42.7 Å². The van der Waals surface area contributed by atoms with E-state index in [1.165, 1.54) is 25.3 Å². The Morgan fingerprint density at radius 2 is 1.75 bits per heavy atom. The van der Waals surface area contributed by atoms with Gasteiger partial charge in [-0.3, -0.25) is 4.79 Å². The summed E-state index contributed by atoms with van der Waals surface area (Å²) in [7, 11) is 0. The first kappa shape index (κ1) is 16.5. The smallest absolute Gasteiger partial charge is 0.248 e. The maximum Gasteiger partial charge on any atom is 0.248 e. The molecule has 5 nitrogen and oxygen atoms in total. The number of carbonyl (C=O) groups excluding carboxylic acids is 1. The number of aromatic nitrogens is 2. The number of halogens is 1. The highest BCUT2D eigenvalue weighted by atomic mass is 35.5. The van der Waals surface area contributed by atoms with Gasteiger partial charge in [-0.05, 0) is 43.0 Å². The van der Waals surface area contributed by atoms with Crippen molar-refractivity contribution in [1.82, 2.24) is 9.97 Å². The fraction of sp³-hybridized carbons (Fsp3) is 0.278. The maximum absolute atomic E-state index is 11.9. The molecule has 2 aromatic rings. The molecular formula is C18H19ClN4O. The molecular weight excluding hydrogens is 324 g/mol. The molecule has 2 heterocycles. The van der Waals surface area contributed by atoms with Gasteiger partial charge in [-0.1, -0.05) is 23.7 Å². The van der Waals surface area contributed by atoms with Gasteiger partial charge in [-0.2, -0.15) is 0 Å². The monoisotopic (exact) mass is 342 g/mol. The van der Waals surface area contributed by atoms with Crippen molar-refractivity contribution in [2.45, 2.75) is 19.3 Å². The number of nitrogens with zero attached hydrogens (tertiary/aromatic N) is 3. The first-order valence-electron chi connectivity index (χ1n) is 8.02. The topological polar surface area (TPSA) is 58.1 Å². The van der Waals surface area contributed by atoms with E-state index in [0.29, 0.717) is 10.7 Å². The second-order valence-electron chi connectivity index (χ2n) is 5.69. The molecule has 0 aliphatic carbocycles. The lowest BCUT2D eigenvalue weighted by Gasteiger charge is -2.26. The molecule has 1 aromatic carbocycles. The predicted molar refractivity (Wildman–Crippen MR) is 97.2 cm³/mol. The van der Waals surface area contributed by atoms with Gasteiger partial charge in [0, 0.05) is 24.2 Å². The minimum absolute atomic E-state index is 0.223. The Balaban J connectivity index is 1.57. The van der Waals surface area contributed by atoms with Crippen LogP contribution in [0.2, 0.25) is 5.02 Å². The number of benzene rings is 1. The molecule has 0 spiro atoms. The van der Waals surface area contributed by atoms with Gasteiger partial charge in [-0.25, -0.2) is 9.97 Å². The lowest BCUT2D eigenvalue weighted by atomic mass is 10.1. The van der Waals surface area contributed by atoms with E-state index in [2.05, 4.69) is 20.2 Å². The molecule has 0 radical (unpaired) electrons. The third kappa shape index (κ3) is 4.55. The summed E-state index contributed by atoms with van der Waals surface area (Å²) < 4.78 is 0. The van der Waals surface area contributed by atoms with E-state index in [1.807, 2.05) is 12.1 Å². The lowest BCUT2D eigenvalue weighted by Crippen LogP contribution is -2.30. The first-order chi connectivity index (χ1) is 11.7. The largest absolute Gasteiger partial charge is 0.341 e. The first-order valence-corrected chi connectivity index (χ1v) is 8.40. The predicted octanol–water partition coefficient (Wildman–Crippen LogP) is 3.77. The SMILES string of the molecule is O=C(/C=C/c1ccc(Cl)cc1)Nc1cnc(N2CCCCC2)nc1. The number of anilines is 2. The van der Waals surface area contributed by atoms with Gasteiger partial charge in [0.15, 0.2) is 0 Å². The second-order valence-corrected chi connectivity index (χ2v) is 6.13. The van der Waals surface area contributed by atoms with E-state index in [1.54, 1.807) is 30.6 Å². The van der Waals surface area contributed by atoms with Crippen LogP contribution in [0.4, 0.5) is 11.6 Å². The molecule has 124 valence electrons. The van der Waals surface area contributed by atoms with E-state index in [4.69, 9.17) is 11.6 Å². The standard InChI is InChI=1S/C18H19ClN4O/c19-15-7-4-14(5-8-15)6-9-17(24)22-16-12-20-18(21-13-16)23-10-2-1-3-11-23/h4-9,12-13H,1-3,10-11H2,(H,22,24)/b9-6+. The summed E-state index contributed by atoms with van der Waals surface area (Å²) in [6.45, 7) is 1.99. The number of carbonyl (C=O) groups is 1. The fourth-order valence-corrected chi connectivity index (χ4v) is 2.70. The fourth-order valence-electron chi connectivity index (χ4n) is 2.57. The molecule has 1 aromatic heterocycles. The number of hydrogen-bond donors (Lipinski definition) is 1. The van der Waals surface area contributed by atoms with Crippen molar-refractivity contribution < 1.29 is 4.79 Å². The molecule has 1 saturated heterocycles. The molecule has 1 N–H and O–H groups in total. The minimum atomic E-state index is -0.223. The molecule has 0 unspecified atom stereocenters. The molecule has 0 saturated carbocycles. The van der Waals surface area contributed by atoms with Gasteiger partial charge < -0.3 is 10.2 Å². The zero-order valence-electron chi connectivity index (χ0n) is 13.3. The summed E-state index contributed by atoms with van der Waals surface area (Å²) in [4.78, 5) is 22.8. The Hall–Kier alpha value is -2.40. The van der Waals surface area contributed by atoms with Crippen molar-refractivity contribution in [1.29, 1.82) is 0 Å². The van der Waals surface area contributed by atoms with Crippen LogP contribution < -0.4 is 10.2 Å². The molecule has 1 aliphatic rings. The van der Waals surface area contributed by atoms with Gasteiger partial charge in [0.2, 0.25) is 11.9 Å². The van der Waals surface area contributed by atoms with Crippen molar-refractivity contribution in [3.05, 3.63) is 53.3 Å². The van der Waals surface area contributed by atoms with Crippen molar-refractivity contribution in [3.63, 3.8) is 0 Å². The average Bonchev–Trinajstić information content (AvgIpc) is 2.63. The van der Waals surface area contributed by atoms with Gasteiger partial charge in [-0.15, -0.1) is 0 Å². The summed E-state index contributed by atoms with van der Waals surface area (Å²) >= 11 is 5.83. The molecule has 6 heteroatoms. The molecule has 0 atom stereocenters. The van der Waals surface area contributed by atoms with E-state index in [-0.39, 0.29) is 5.91 Å². The highest BCUT2D eigenvalue weighted by Gasteiger charge is 2.13. The van der Waals surface area contributed by atoms with Crippen molar-refractivity contribution >= 4 is 35.2 Å². The lowest BCUT2D eigenvalue weighted by molar-refractivity contribution is -0.111. The van der Waals surface area contributed by atoms with E-state index in [0.717, 1.165) is 24.6 Å². The normalized spacial score (nSPS) is 14.8. The average molecular weight is 343 g/mol. The third-order valence-electron chi connectivity index (χ3n) is 3.84. The third-order valence-corrected chi connectivity index (χ3v) is 4.09. The van der Waals surface area contributed by atoms with Crippen LogP contribution in [-0.2, 0) is 4.79 Å². The molecule has 24 heavy (non-hydrogen) atoms. The summed E-state index contributed by atoms with van der Waals surface area (Å²) in [5.41, 5.74) is 1.49. The Bertz CT molecular complexity index is 707. The van der Waals surface area contributed by atoms with E-state index in [9.17, 15) is 4.79 Å². The molecule has 3 rings (SSSR count). The summed E-state index contributed by atoms with van der Waals surface area (Å²) in [6.07, 6.45) is 10.1. The summed E-state index contributed by atoms with van der Waals surface area (Å²) in [6, 6.07) is 7.27. The van der Waals surface area contributed by atoms with Gasteiger partial charge in [0.25, 0.3) is 0 Å². The zero-order valence-corrected chi connectivity index (χ0v) is 14.0. The van der Waals surface area contributed by atoms with Crippen LogP contribution in [0.3, 0.4) is 0 Å².